The Morgan fingerprint density at radius 3 is 2.33 bits per heavy atom. The van der Waals surface area contributed by atoms with Crippen LogP contribution < -0.4 is 0 Å². The van der Waals surface area contributed by atoms with E-state index in [4.69, 9.17) is 0 Å². The van der Waals surface area contributed by atoms with Crippen molar-refractivity contribution in [1.29, 1.82) is 0 Å². The van der Waals surface area contributed by atoms with Gasteiger partial charge in [-0.3, -0.25) is 0 Å². The van der Waals surface area contributed by atoms with Crippen LogP contribution in [0.2, 0.25) is 5.82 Å². The third kappa shape index (κ3) is 5.57. The molecule has 0 spiro atoms. The Morgan fingerprint density at radius 2 is 2.17 bits per heavy atom. The Balaban J connectivity index is 2.34. The molecule has 0 amide bonds. The van der Waals surface area contributed by atoms with E-state index >= 15 is 0 Å². The molecule has 0 aromatic heterocycles. The van der Waals surface area contributed by atoms with Crippen molar-refractivity contribution in [3.8, 4) is 0 Å². The molecule has 38 valence electrons. The standard InChI is InChI=1S/C2H6S3Se/c1-3-4-5-6-2/h1-2H3. The molecule has 4 heteroatoms. The van der Waals surface area contributed by atoms with Gasteiger partial charge in [-0.05, 0) is 0 Å². The van der Waals surface area contributed by atoms with Crippen LogP contribution in [0, 0.1) is 0 Å². The molecule has 0 rings (SSSR count). The molecular formula is C2H6S3Se. The molecule has 0 saturated carbocycles. The first-order valence-electron chi connectivity index (χ1n) is 1.32. The molecule has 0 bridgehead atoms. The van der Waals surface area contributed by atoms with Crippen molar-refractivity contribution in [2.45, 2.75) is 5.82 Å². The summed E-state index contributed by atoms with van der Waals surface area (Å²) in [5.41, 5.74) is 0. The van der Waals surface area contributed by atoms with Gasteiger partial charge < -0.3 is 0 Å². The fourth-order valence-corrected chi connectivity index (χ4v) is 7.79. The maximum absolute atomic E-state index is 2.22. The quantitative estimate of drug-likeness (QED) is 0.394. The fraction of sp³-hybridized carbons (Fsp3) is 1.00. The topological polar surface area (TPSA) is 0 Å². The zero-order chi connectivity index (χ0) is 4.83. The van der Waals surface area contributed by atoms with Crippen LogP contribution in [0.4, 0.5) is 0 Å². The Hall–Kier alpha value is 1.57. The molecule has 0 saturated heterocycles. The van der Waals surface area contributed by atoms with E-state index in [1.165, 1.54) is 0 Å². The van der Waals surface area contributed by atoms with Crippen LogP contribution in [0.5, 0.6) is 0 Å². The van der Waals surface area contributed by atoms with E-state index in [1.54, 1.807) is 0 Å². The van der Waals surface area contributed by atoms with E-state index in [1.807, 2.05) is 29.8 Å². The molecular weight excluding hydrogens is 199 g/mol. The van der Waals surface area contributed by atoms with Gasteiger partial charge in [0.05, 0.1) is 0 Å². The average molecular weight is 205 g/mol. The SMILES string of the molecule is CSSS[Se]C. The van der Waals surface area contributed by atoms with Crippen LogP contribution in [-0.2, 0) is 0 Å². The van der Waals surface area contributed by atoms with Gasteiger partial charge in [-0.15, -0.1) is 0 Å². The Morgan fingerprint density at radius 1 is 1.50 bits per heavy atom. The second-order valence-corrected chi connectivity index (χ2v) is 9.12. The van der Waals surface area contributed by atoms with Gasteiger partial charge >= 0.3 is 55.7 Å². The minimum absolute atomic E-state index is 0.785. The fourth-order valence-electron chi connectivity index (χ4n) is 0.0556. The van der Waals surface area contributed by atoms with Crippen molar-refractivity contribution in [2.24, 2.45) is 0 Å². The molecule has 0 N–H and O–H groups in total. The maximum atomic E-state index is 2.22. The first-order chi connectivity index (χ1) is 2.91. The molecule has 0 aromatic rings. The number of rotatable bonds is 3. The summed E-state index contributed by atoms with van der Waals surface area (Å²) >= 11 is 0.785. The zero-order valence-electron chi connectivity index (χ0n) is 3.63. The minimum atomic E-state index is 0.785. The number of hydrogen-bond acceptors (Lipinski definition) is 3. The van der Waals surface area contributed by atoms with E-state index < -0.39 is 0 Å². The third-order valence-corrected chi connectivity index (χ3v) is 8.92. The van der Waals surface area contributed by atoms with Crippen LogP contribution in [0.3, 0.4) is 0 Å². The molecule has 0 atom stereocenters. The van der Waals surface area contributed by atoms with Gasteiger partial charge in [0.2, 0.25) is 0 Å². The second-order valence-electron chi connectivity index (χ2n) is 0.469. The van der Waals surface area contributed by atoms with Crippen molar-refractivity contribution < 1.29 is 0 Å². The van der Waals surface area contributed by atoms with Gasteiger partial charge in [0.25, 0.3) is 0 Å². The van der Waals surface area contributed by atoms with Gasteiger partial charge in [-0.25, -0.2) is 0 Å². The van der Waals surface area contributed by atoms with Crippen LogP contribution >= 0.6 is 29.8 Å². The molecule has 0 fully saturated rings. The first-order valence-corrected chi connectivity index (χ1v) is 8.94. The molecule has 0 aliphatic rings. The zero-order valence-corrected chi connectivity index (χ0v) is 7.80. The summed E-state index contributed by atoms with van der Waals surface area (Å²) in [6, 6.07) is 0. The Labute approximate surface area is 55.6 Å². The van der Waals surface area contributed by atoms with Crippen LogP contribution in [0.15, 0.2) is 0 Å². The van der Waals surface area contributed by atoms with Crippen LogP contribution in [-0.4, -0.2) is 20.1 Å². The molecule has 0 aliphatic carbocycles. The van der Waals surface area contributed by atoms with E-state index in [2.05, 4.69) is 12.1 Å². The van der Waals surface area contributed by atoms with Gasteiger partial charge in [0, 0.05) is 0 Å². The second kappa shape index (κ2) is 6.57. The predicted octanol–water partition coefficient (Wildman–Crippen LogP) is 2.31. The van der Waals surface area contributed by atoms with Crippen molar-refractivity contribution in [1.82, 2.24) is 0 Å². The van der Waals surface area contributed by atoms with Gasteiger partial charge in [-0.1, -0.05) is 0 Å². The molecule has 0 aromatic carbocycles. The van der Waals surface area contributed by atoms with Crippen molar-refractivity contribution in [3.05, 3.63) is 0 Å². The van der Waals surface area contributed by atoms with Gasteiger partial charge in [0.15, 0.2) is 0 Å². The van der Waals surface area contributed by atoms with E-state index in [0.717, 1.165) is 13.8 Å². The van der Waals surface area contributed by atoms with Crippen molar-refractivity contribution in [3.63, 3.8) is 0 Å². The Bertz CT molecular complexity index is 20.8. The first kappa shape index (κ1) is 7.57. The van der Waals surface area contributed by atoms with E-state index in [9.17, 15) is 0 Å². The predicted molar refractivity (Wildman–Crippen MR) is 40.3 cm³/mol. The summed E-state index contributed by atoms with van der Waals surface area (Å²) in [7, 11) is 5.64. The molecule has 0 radical (unpaired) electrons. The summed E-state index contributed by atoms with van der Waals surface area (Å²) < 4.78 is 0. The molecule has 6 heavy (non-hydrogen) atoms. The summed E-state index contributed by atoms with van der Waals surface area (Å²) in [6.07, 6.45) is 2.10. The molecule has 0 nitrogen and oxygen atoms in total. The normalized spacial score (nSPS) is 9.00. The number of hydrogen-bond donors (Lipinski definition) is 0. The molecule has 0 unspecified atom stereocenters. The van der Waals surface area contributed by atoms with Gasteiger partial charge in [0.1, 0.15) is 0 Å². The summed E-state index contributed by atoms with van der Waals surface area (Å²) in [5.74, 6) is 2.22. The summed E-state index contributed by atoms with van der Waals surface area (Å²) in [6.45, 7) is 0. The summed E-state index contributed by atoms with van der Waals surface area (Å²) in [5, 5.41) is 0. The van der Waals surface area contributed by atoms with Crippen molar-refractivity contribution in [2.75, 3.05) is 6.26 Å². The van der Waals surface area contributed by atoms with Crippen molar-refractivity contribution >= 4 is 43.7 Å². The molecule has 0 aliphatic heterocycles. The average Bonchev–Trinajstić information content (AvgIpc) is 1.61. The third-order valence-electron chi connectivity index (χ3n) is 0.164. The Kier molecular flexibility index (Phi) is 8.29. The summed E-state index contributed by atoms with van der Waals surface area (Å²) in [4.78, 5) is 0. The van der Waals surface area contributed by atoms with E-state index in [-0.39, 0.29) is 0 Å². The van der Waals surface area contributed by atoms with Crippen LogP contribution in [0.25, 0.3) is 0 Å². The van der Waals surface area contributed by atoms with E-state index in [0.29, 0.717) is 0 Å². The van der Waals surface area contributed by atoms with Crippen LogP contribution in [0.1, 0.15) is 0 Å². The molecule has 0 heterocycles. The van der Waals surface area contributed by atoms with Gasteiger partial charge in [-0.2, -0.15) is 0 Å². The monoisotopic (exact) mass is 206 g/mol.